The van der Waals surface area contributed by atoms with E-state index in [1.54, 1.807) is 0 Å². The van der Waals surface area contributed by atoms with Gasteiger partial charge >= 0.3 is 0 Å². The van der Waals surface area contributed by atoms with Crippen LogP contribution in [0.5, 0.6) is 0 Å². The summed E-state index contributed by atoms with van der Waals surface area (Å²) in [7, 11) is 0. The maximum Gasteiger partial charge on any atom is 0.170 e. The van der Waals surface area contributed by atoms with Gasteiger partial charge in [-0.2, -0.15) is 0 Å². The number of para-hydroxylation sites is 1. The highest BCUT2D eigenvalue weighted by Gasteiger charge is 2.42. The van der Waals surface area contributed by atoms with E-state index in [9.17, 15) is 0 Å². The fraction of sp³-hybridized carbons (Fsp3) is 0.360. The lowest BCUT2D eigenvalue weighted by molar-refractivity contribution is 0.0842. The van der Waals surface area contributed by atoms with Gasteiger partial charge in [-0.05, 0) is 74.8 Å². The predicted octanol–water partition coefficient (Wildman–Crippen LogP) is 5.29. The molecule has 32 heavy (non-hydrogen) atoms. The Kier molecular flexibility index (Phi) is 5.93. The number of benzene rings is 1. The summed E-state index contributed by atoms with van der Waals surface area (Å²) in [6, 6.07) is 16.3. The van der Waals surface area contributed by atoms with Gasteiger partial charge in [-0.1, -0.05) is 29.8 Å². The summed E-state index contributed by atoms with van der Waals surface area (Å²) in [4.78, 5) is 6.96. The van der Waals surface area contributed by atoms with Crippen LogP contribution in [0.1, 0.15) is 47.6 Å². The normalized spacial score (nSPS) is 23.0. The average Bonchev–Trinajstić information content (AvgIpc) is 3.49. The zero-order chi connectivity index (χ0) is 22.2. The number of aromatic nitrogens is 2. The molecule has 2 aliphatic rings. The molecule has 3 aromatic rings. The number of pyridine rings is 1. The van der Waals surface area contributed by atoms with E-state index in [2.05, 4.69) is 51.8 Å². The van der Waals surface area contributed by atoms with Crippen molar-refractivity contribution in [1.82, 2.24) is 19.8 Å². The van der Waals surface area contributed by atoms with Gasteiger partial charge in [0, 0.05) is 30.7 Å². The number of ether oxygens (including phenoxy) is 1. The molecule has 0 unspecified atom stereocenters. The van der Waals surface area contributed by atoms with E-state index in [0.29, 0.717) is 0 Å². The first-order valence-corrected chi connectivity index (χ1v) is 11.9. The first-order valence-electron chi connectivity index (χ1n) is 11.1. The second-order valence-corrected chi connectivity index (χ2v) is 9.32. The zero-order valence-corrected chi connectivity index (χ0v) is 19.9. The Balaban J connectivity index is 1.60. The first kappa shape index (κ1) is 21.4. The topological polar surface area (TPSA) is 42.3 Å². The van der Waals surface area contributed by atoms with Crippen molar-refractivity contribution in [2.24, 2.45) is 0 Å². The van der Waals surface area contributed by atoms with Gasteiger partial charge in [-0.25, -0.2) is 0 Å². The van der Waals surface area contributed by atoms with Crippen LogP contribution in [0.2, 0.25) is 5.02 Å². The summed E-state index contributed by atoms with van der Waals surface area (Å²) in [5.41, 5.74) is 5.50. The monoisotopic (exact) mass is 466 g/mol. The van der Waals surface area contributed by atoms with E-state index < -0.39 is 0 Å². The molecule has 5 rings (SSSR count). The number of hydrogen-bond acceptors (Lipinski definition) is 3. The third kappa shape index (κ3) is 3.81. The maximum atomic E-state index is 6.57. The maximum absolute atomic E-state index is 6.57. The average molecular weight is 467 g/mol. The van der Waals surface area contributed by atoms with E-state index in [-0.39, 0.29) is 18.2 Å². The Hall–Kier alpha value is -2.41. The second kappa shape index (κ2) is 8.85. The van der Waals surface area contributed by atoms with Gasteiger partial charge in [0.15, 0.2) is 5.11 Å². The van der Waals surface area contributed by atoms with Gasteiger partial charge in [-0.15, -0.1) is 0 Å². The third-order valence-corrected chi connectivity index (χ3v) is 7.18. The Morgan fingerprint density at radius 3 is 2.72 bits per heavy atom. The van der Waals surface area contributed by atoms with Crippen molar-refractivity contribution in [3.8, 4) is 5.69 Å². The van der Waals surface area contributed by atoms with Gasteiger partial charge in [0.1, 0.15) is 0 Å². The van der Waals surface area contributed by atoms with Gasteiger partial charge < -0.3 is 19.5 Å². The van der Waals surface area contributed by atoms with Crippen LogP contribution >= 0.6 is 23.8 Å². The number of nitrogens with one attached hydrogen (secondary N) is 1. The van der Waals surface area contributed by atoms with E-state index in [4.69, 9.17) is 28.6 Å². The molecule has 1 N–H and O–H groups in total. The molecule has 2 fully saturated rings. The summed E-state index contributed by atoms with van der Waals surface area (Å²) in [5.74, 6) is 0. The zero-order valence-electron chi connectivity index (χ0n) is 18.3. The van der Waals surface area contributed by atoms with Crippen molar-refractivity contribution in [1.29, 1.82) is 0 Å². The van der Waals surface area contributed by atoms with Crippen LogP contribution < -0.4 is 5.32 Å². The molecule has 0 saturated carbocycles. The fourth-order valence-electron chi connectivity index (χ4n) is 5.04. The second-order valence-electron chi connectivity index (χ2n) is 8.53. The van der Waals surface area contributed by atoms with E-state index in [0.717, 1.165) is 58.9 Å². The smallest absolute Gasteiger partial charge is 0.170 e. The number of thiocarbonyl (C=S) groups is 1. The van der Waals surface area contributed by atoms with E-state index in [1.807, 2.05) is 36.5 Å². The molecule has 1 aromatic carbocycles. The first-order chi connectivity index (χ1) is 15.5. The van der Waals surface area contributed by atoms with Gasteiger partial charge in [-0.3, -0.25) is 4.98 Å². The van der Waals surface area contributed by atoms with Crippen molar-refractivity contribution in [3.05, 3.63) is 82.4 Å². The minimum absolute atomic E-state index is 0.0176. The van der Waals surface area contributed by atoms with Crippen molar-refractivity contribution in [2.45, 2.75) is 44.9 Å². The number of halogens is 1. The van der Waals surface area contributed by atoms with Crippen molar-refractivity contribution in [3.63, 3.8) is 0 Å². The highest BCUT2D eigenvalue weighted by Crippen LogP contribution is 2.42. The molecule has 0 radical (unpaired) electrons. The lowest BCUT2D eigenvalue weighted by Crippen LogP contribution is -2.36. The molecule has 2 aromatic heterocycles. The molecular weight excluding hydrogens is 440 g/mol. The quantitative estimate of drug-likeness (QED) is 0.517. The van der Waals surface area contributed by atoms with Crippen LogP contribution in [0.15, 0.2) is 54.7 Å². The molecule has 7 heteroatoms. The van der Waals surface area contributed by atoms with Crippen LogP contribution in [-0.2, 0) is 4.74 Å². The van der Waals surface area contributed by atoms with Crippen LogP contribution in [0, 0.1) is 13.8 Å². The summed E-state index contributed by atoms with van der Waals surface area (Å²) >= 11 is 12.4. The summed E-state index contributed by atoms with van der Waals surface area (Å²) in [5, 5.41) is 5.04. The molecular formula is C25H27ClN4OS. The molecule has 2 aliphatic heterocycles. The lowest BCUT2D eigenvalue weighted by Gasteiger charge is -2.30. The molecule has 0 spiro atoms. The number of rotatable bonds is 5. The van der Waals surface area contributed by atoms with Gasteiger partial charge in [0.25, 0.3) is 0 Å². The Morgan fingerprint density at radius 1 is 1.19 bits per heavy atom. The molecule has 2 saturated heterocycles. The highest BCUT2D eigenvalue weighted by molar-refractivity contribution is 7.80. The predicted molar refractivity (Wildman–Crippen MR) is 131 cm³/mol. The number of hydrogen-bond donors (Lipinski definition) is 1. The number of aryl methyl sites for hydroxylation is 1. The van der Waals surface area contributed by atoms with Crippen LogP contribution in [-0.4, -0.2) is 38.8 Å². The summed E-state index contributed by atoms with van der Waals surface area (Å²) < 4.78 is 8.20. The standard InChI is InChI=1S/C25H27ClN4OS/c1-16-14-19(17(2)30(16)22-11-4-3-9-20(22)26)24-23(21-10-5-6-12-27-21)28-25(32)29(24)15-18-8-7-13-31-18/h3-6,9-12,14,18,23-24H,7-8,13,15H2,1-2H3,(H,28,32)/t18-,23+,24-/m1/s1. The third-order valence-electron chi connectivity index (χ3n) is 6.50. The highest BCUT2D eigenvalue weighted by atomic mass is 35.5. The van der Waals surface area contributed by atoms with E-state index >= 15 is 0 Å². The van der Waals surface area contributed by atoms with E-state index in [1.165, 1.54) is 5.56 Å². The molecule has 0 bridgehead atoms. The van der Waals surface area contributed by atoms with Crippen molar-refractivity contribution >= 4 is 28.9 Å². The van der Waals surface area contributed by atoms with Crippen LogP contribution in [0.4, 0.5) is 0 Å². The minimum Gasteiger partial charge on any atom is -0.376 e. The molecule has 0 aliphatic carbocycles. The minimum atomic E-state index is -0.0368. The summed E-state index contributed by atoms with van der Waals surface area (Å²) in [6.07, 6.45) is 4.21. The molecule has 166 valence electrons. The largest absolute Gasteiger partial charge is 0.376 e. The SMILES string of the molecule is Cc1cc([C@@H]2[C@H](c3ccccn3)NC(=S)N2C[C@H]2CCCO2)c(C)n1-c1ccccc1Cl. The molecule has 5 nitrogen and oxygen atoms in total. The molecule has 4 heterocycles. The van der Waals surface area contributed by atoms with Crippen LogP contribution in [0.25, 0.3) is 5.69 Å². The van der Waals surface area contributed by atoms with Crippen LogP contribution in [0.3, 0.4) is 0 Å². The Bertz CT molecular complexity index is 1130. The molecule has 3 atom stereocenters. The Morgan fingerprint density at radius 2 is 2.00 bits per heavy atom. The lowest BCUT2D eigenvalue weighted by atomic mass is 9.96. The van der Waals surface area contributed by atoms with Crippen molar-refractivity contribution < 1.29 is 4.74 Å². The fourth-order valence-corrected chi connectivity index (χ4v) is 5.57. The van der Waals surface area contributed by atoms with Gasteiger partial charge in [0.2, 0.25) is 0 Å². The van der Waals surface area contributed by atoms with Crippen molar-refractivity contribution in [2.75, 3.05) is 13.2 Å². The number of nitrogens with zero attached hydrogens (tertiary/aromatic N) is 3. The molecule has 0 amide bonds. The summed E-state index contributed by atoms with van der Waals surface area (Å²) in [6.45, 7) is 5.89. The Labute approximate surface area is 199 Å². The van der Waals surface area contributed by atoms with Gasteiger partial charge in [0.05, 0.1) is 34.6 Å².